The monoisotopic (exact) mass is 161 g/mol. The molecular weight excluding hydrogens is 146 g/mol. The fraction of sp³-hybridized carbons (Fsp3) is 0.545. The van der Waals surface area contributed by atoms with Gasteiger partial charge in [-0.15, -0.1) is 0 Å². The Morgan fingerprint density at radius 3 is 2.75 bits per heavy atom. The second-order valence-electron chi connectivity index (χ2n) is 4.15. The summed E-state index contributed by atoms with van der Waals surface area (Å²) in [5, 5.41) is 0. The zero-order chi connectivity index (χ0) is 8.77. The minimum absolute atomic E-state index is 0.318. The van der Waals surface area contributed by atoms with E-state index in [1.165, 1.54) is 12.0 Å². The first-order chi connectivity index (χ1) is 5.62. The van der Waals surface area contributed by atoms with E-state index in [2.05, 4.69) is 44.1 Å². The molecule has 2 rings (SSSR count). The number of hydrogen-bond donors (Lipinski definition) is 0. The number of rotatable bonds is 0. The van der Waals surface area contributed by atoms with E-state index in [-0.39, 0.29) is 0 Å². The summed E-state index contributed by atoms with van der Waals surface area (Å²) >= 11 is 0. The predicted molar refractivity (Wildman–Crippen MR) is 52.2 cm³/mol. The van der Waals surface area contributed by atoms with Crippen LogP contribution in [0.2, 0.25) is 0 Å². The third-order valence-corrected chi connectivity index (χ3v) is 2.86. The van der Waals surface area contributed by atoms with Gasteiger partial charge < -0.3 is 0 Å². The van der Waals surface area contributed by atoms with Crippen molar-refractivity contribution in [1.82, 2.24) is 0 Å². The molecule has 1 saturated carbocycles. The molecule has 1 aliphatic heterocycles. The Hall–Kier alpha value is -0.850. The summed E-state index contributed by atoms with van der Waals surface area (Å²) in [4.78, 5) is 4.42. The molecule has 2 unspecified atom stereocenters. The number of hydrogen-bond acceptors (Lipinski definition) is 1. The van der Waals surface area contributed by atoms with Gasteiger partial charge in [-0.1, -0.05) is 18.6 Å². The zero-order valence-electron chi connectivity index (χ0n) is 7.96. The van der Waals surface area contributed by atoms with Gasteiger partial charge in [-0.2, -0.15) is 0 Å². The molecule has 1 fully saturated rings. The summed E-state index contributed by atoms with van der Waals surface area (Å²) in [6.07, 6.45) is 7.91. The Balaban J connectivity index is 2.34. The van der Waals surface area contributed by atoms with Crippen LogP contribution < -0.4 is 0 Å². The second kappa shape index (κ2) is 2.32. The van der Waals surface area contributed by atoms with Crippen LogP contribution in [0.3, 0.4) is 0 Å². The first-order valence-corrected chi connectivity index (χ1v) is 4.55. The van der Waals surface area contributed by atoms with Crippen molar-refractivity contribution in [3.63, 3.8) is 0 Å². The van der Waals surface area contributed by atoms with Crippen molar-refractivity contribution in [2.75, 3.05) is 0 Å². The smallest absolute Gasteiger partial charge is 0.0371 e. The van der Waals surface area contributed by atoms with Crippen LogP contribution in [0.25, 0.3) is 0 Å². The van der Waals surface area contributed by atoms with Crippen molar-refractivity contribution in [3.05, 3.63) is 23.4 Å². The maximum Gasteiger partial charge on any atom is 0.0371 e. The van der Waals surface area contributed by atoms with Crippen LogP contribution in [-0.2, 0) is 0 Å². The van der Waals surface area contributed by atoms with Crippen molar-refractivity contribution in [2.45, 2.75) is 27.2 Å². The highest BCUT2D eigenvalue weighted by Gasteiger charge is 2.48. The molecule has 0 amide bonds. The Kier molecular flexibility index (Phi) is 1.50. The van der Waals surface area contributed by atoms with Gasteiger partial charge in [0.15, 0.2) is 0 Å². The van der Waals surface area contributed by atoms with Crippen LogP contribution in [0.5, 0.6) is 0 Å². The standard InChI is InChI=1S/C11H15N/c1-8-4-10(3)12-7-11(5-8)6-9(11)2/h4-5,7,9H,6H2,1-3H3. The van der Waals surface area contributed by atoms with Gasteiger partial charge in [0.05, 0.1) is 0 Å². The summed E-state index contributed by atoms with van der Waals surface area (Å²) in [5.41, 5.74) is 2.80. The molecular formula is C11H15N. The molecule has 12 heavy (non-hydrogen) atoms. The van der Waals surface area contributed by atoms with E-state index in [4.69, 9.17) is 0 Å². The summed E-state index contributed by atoms with van der Waals surface area (Å²) in [5.74, 6) is 0.787. The normalized spacial score (nSPS) is 39.1. The maximum absolute atomic E-state index is 4.42. The fourth-order valence-electron chi connectivity index (χ4n) is 1.94. The van der Waals surface area contributed by atoms with Crippen LogP contribution in [0.15, 0.2) is 28.4 Å². The highest BCUT2D eigenvalue weighted by atomic mass is 14.8. The highest BCUT2D eigenvalue weighted by molar-refractivity contribution is 5.75. The lowest BCUT2D eigenvalue weighted by Crippen LogP contribution is -1.99. The van der Waals surface area contributed by atoms with E-state index in [9.17, 15) is 0 Å². The number of allylic oxidation sites excluding steroid dienone is 4. The molecule has 1 heteroatoms. The molecule has 0 N–H and O–H groups in total. The third kappa shape index (κ3) is 1.13. The molecule has 1 nitrogen and oxygen atoms in total. The molecule has 64 valence electrons. The average molecular weight is 161 g/mol. The Morgan fingerprint density at radius 1 is 1.50 bits per heavy atom. The van der Waals surface area contributed by atoms with Crippen molar-refractivity contribution in [1.29, 1.82) is 0 Å². The predicted octanol–water partition coefficient (Wildman–Crippen LogP) is 2.95. The summed E-state index contributed by atoms with van der Waals surface area (Å²) in [6, 6.07) is 0. The van der Waals surface area contributed by atoms with Crippen molar-refractivity contribution >= 4 is 6.21 Å². The number of aliphatic imine (C=N–C) groups is 1. The lowest BCUT2D eigenvalue weighted by molar-refractivity contribution is 0.802. The maximum atomic E-state index is 4.42. The van der Waals surface area contributed by atoms with Gasteiger partial charge in [-0.05, 0) is 32.3 Å². The van der Waals surface area contributed by atoms with Crippen LogP contribution in [0.4, 0.5) is 0 Å². The van der Waals surface area contributed by atoms with E-state index in [1.807, 2.05) is 0 Å². The van der Waals surface area contributed by atoms with Gasteiger partial charge >= 0.3 is 0 Å². The number of nitrogens with zero attached hydrogens (tertiary/aromatic N) is 1. The molecule has 1 spiro atoms. The Labute approximate surface area is 73.9 Å². The largest absolute Gasteiger partial charge is 0.265 e. The van der Waals surface area contributed by atoms with E-state index < -0.39 is 0 Å². The lowest BCUT2D eigenvalue weighted by Gasteiger charge is -2.01. The summed E-state index contributed by atoms with van der Waals surface area (Å²) in [7, 11) is 0. The van der Waals surface area contributed by atoms with E-state index >= 15 is 0 Å². The molecule has 2 atom stereocenters. The zero-order valence-corrected chi connectivity index (χ0v) is 7.96. The van der Waals surface area contributed by atoms with Crippen LogP contribution in [-0.4, -0.2) is 6.21 Å². The topological polar surface area (TPSA) is 12.4 Å². The molecule has 0 radical (unpaired) electrons. The first-order valence-electron chi connectivity index (χ1n) is 4.55. The SMILES string of the molecule is CC1=CC2(C=NC(C)=C1)CC2C. The van der Waals surface area contributed by atoms with Crippen LogP contribution in [0, 0.1) is 11.3 Å². The van der Waals surface area contributed by atoms with Crippen molar-refractivity contribution in [3.8, 4) is 0 Å². The average Bonchev–Trinajstić information content (AvgIpc) is 2.60. The van der Waals surface area contributed by atoms with Gasteiger partial charge in [0, 0.05) is 17.3 Å². The quantitative estimate of drug-likeness (QED) is 0.518. The summed E-state index contributed by atoms with van der Waals surface area (Å²) < 4.78 is 0. The van der Waals surface area contributed by atoms with Gasteiger partial charge in [0.1, 0.15) is 0 Å². The Bertz CT molecular complexity index is 296. The van der Waals surface area contributed by atoms with Crippen molar-refractivity contribution < 1.29 is 0 Å². The van der Waals surface area contributed by atoms with Gasteiger partial charge in [-0.3, -0.25) is 4.99 Å². The van der Waals surface area contributed by atoms with Crippen molar-refractivity contribution in [2.24, 2.45) is 16.3 Å². The Morgan fingerprint density at radius 2 is 2.17 bits per heavy atom. The second-order valence-corrected chi connectivity index (χ2v) is 4.15. The van der Waals surface area contributed by atoms with Gasteiger partial charge in [-0.25, -0.2) is 0 Å². The first kappa shape index (κ1) is 7.78. The minimum Gasteiger partial charge on any atom is -0.265 e. The third-order valence-electron chi connectivity index (χ3n) is 2.86. The van der Waals surface area contributed by atoms with E-state index in [1.54, 1.807) is 0 Å². The van der Waals surface area contributed by atoms with Gasteiger partial charge in [0.2, 0.25) is 0 Å². The molecule has 1 heterocycles. The van der Waals surface area contributed by atoms with Crippen LogP contribution in [0.1, 0.15) is 27.2 Å². The molecule has 2 aliphatic rings. The summed E-state index contributed by atoms with van der Waals surface area (Å²) in [6.45, 7) is 6.50. The van der Waals surface area contributed by atoms with Crippen LogP contribution >= 0.6 is 0 Å². The molecule has 1 aliphatic carbocycles. The highest BCUT2D eigenvalue weighted by Crippen LogP contribution is 2.53. The molecule has 0 aromatic rings. The lowest BCUT2D eigenvalue weighted by atomic mass is 10.0. The van der Waals surface area contributed by atoms with E-state index in [0.29, 0.717) is 5.41 Å². The van der Waals surface area contributed by atoms with Gasteiger partial charge in [0.25, 0.3) is 0 Å². The molecule has 0 saturated heterocycles. The molecule has 0 aromatic carbocycles. The molecule has 0 bridgehead atoms. The minimum atomic E-state index is 0.318. The van der Waals surface area contributed by atoms with E-state index in [0.717, 1.165) is 11.6 Å². The fourth-order valence-corrected chi connectivity index (χ4v) is 1.94. The molecule has 0 aromatic heterocycles.